The average molecular weight is 247 g/mol. The van der Waals surface area contributed by atoms with Crippen LogP contribution >= 0.6 is 0 Å². The van der Waals surface area contributed by atoms with Gasteiger partial charge in [0.2, 0.25) is 0 Å². The Labute approximate surface area is 99.9 Å². The molecule has 0 aliphatic heterocycles. The van der Waals surface area contributed by atoms with E-state index in [1.807, 2.05) is 0 Å². The van der Waals surface area contributed by atoms with Crippen molar-refractivity contribution in [3.8, 4) is 0 Å². The lowest BCUT2D eigenvalue weighted by atomic mass is 9.78. The Hall–Kier alpha value is -0.0900. The summed E-state index contributed by atoms with van der Waals surface area (Å²) in [5.74, 6) is 1.81. The second-order valence-electron chi connectivity index (χ2n) is 5.31. The van der Waals surface area contributed by atoms with Gasteiger partial charge in [-0.15, -0.1) is 0 Å². The molecule has 0 aromatic heterocycles. The maximum atomic E-state index is 11.0. The van der Waals surface area contributed by atoms with Gasteiger partial charge in [-0.2, -0.15) is 0 Å². The lowest BCUT2D eigenvalue weighted by molar-refractivity contribution is 0.207. The second-order valence-corrected chi connectivity index (χ2v) is 7.57. The molecular weight excluding hydrogens is 222 g/mol. The van der Waals surface area contributed by atoms with Gasteiger partial charge >= 0.3 is 0 Å². The molecule has 4 heteroatoms. The molecule has 1 aliphatic carbocycles. The van der Waals surface area contributed by atoms with Crippen LogP contribution in [0.3, 0.4) is 0 Å². The number of hydrogen-bond acceptors (Lipinski definition) is 3. The first kappa shape index (κ1) is 14.0. The van der Waals surface area contributed by atoms with Crippen molar-refractivity contribution < 1.29 is 8.42 Å². The number of nitrogens with one attached hydrogen (secondary N) is 1. The van der Waals surface area contributed by atoms with E-state index in [-0.39, 0.29) is 0 Å². The number of hydrogen-bond donors (Lipinski definition) is 1. The van der Waals surface area contributed by atoms with Crippen LogP contribution in [0.25, 0.3) is 0 Å². The average Bonchev–Trinajstić information content (AvgIpc) is 2.17. The first-order chi connectivity index (χ1) is 7.40. The fourth-order valence-electron chi connectivity index (χ4n) is 2.49. The van der Waals surface area contributed by atoms with Gasteiger partial charge in [-0.3, -0.25) is 0 Å². The first-order valence-corrected chi connectivity index (χ1v) is 8.37. The van der Waals surface area contributed by atoms with Crippen LogP contribution in [0.1, 0.15) is 39.5 Å². The summed E-state index contributed by atoms with van der Waals surface area (Å²) >= 11 is 0. The third kappa shape index (κ3) is 4.83. The van der Waals surface area contributed by atoms with Crippen LogP contribution in [-0.2, 0) is 9.84 Å². The fourth-order valence-corrected chi connectivity index (χ4v) is 3.16. The zero-order valence-electron chi connectivity index (χ0n) is 10.7. The maximum Gasteiger partial charge on any atom is 0.147 e. The topological polar surface area (TPSA) is 46.2 Å². The molecule has 3 atom stereocenters. The molecule has 0 saturated heterocycles. The van der Waals surface area contributed by atoms with Gasteiger partial charge in [-0.05, 0) is 31.2 Å². The standard InChI is InChI=1S/C12H25NO2S/c1-10-6-4-7-12(11(10)2)13-8-5-9-16(3,14)15/h10-13H,4-9H2,1-3H3. The Kier molecular flexibility index (Phi) is 5.25. The summed E-state index contributed by atoms with van der Waals surface area (Å²) in [6.45, 7) is 5.45. The molecule has 0 amide bonds. The molecule has 0 heterocycles. The fraction of sp³-hybridized carbons (Fsp3) is 1.00. The van der Waals surface area contributed by atoms with E-state index in [2.05, 4.69) is 19.2 Å². The number of rotatable bonds is 5. The zero-order chi connectivity index (χ0) is 12.2. The zero-order valence-corrected chi connectivity index (χ0v) is 11.5. The van der Waals surface area contributed by atoms with E-state index in [4.69, 9.17) is 0 Å². The van der Waals surface area contributed by atoms with E-state index in [0.717, 1.165) is 18.9 Å². The molecule has 16 heavy (non-hydrogen) atoms. The molecule has 0 bridgehead atoms. The van der Waals surface area contributed by atoms with Crippen LogP contribution in [0.5, 0.6) is 0 Å². The minimum atomic E-state index is -2.79. The number of sulfone groups is 1. The summed E-state index contributed by atoms with van der Waals surface area (Å²) in [5, 5.41) is 3.51. The van der Waals surface area contributed by atoms with Gasteiger partial charge in [0.25, 0.3) is 0 Å². The molecule has 0 radical (unpaired) electrons. The lowest BCUT2D eigenvalue weighted by Crippen LogP contribution is -2.41. The third-order valence-corrected chi connectivity index (χ3v) is 4.84. The minimum Gasteiger partial charge on any atom is -0.314 e. The molecule has 1 saturated carbocycles. The maximum absolute atomic E-state index is 11.0. The molecule has 0 aromatic rings. The molecule has 96 valence electrons. The molecular formula is C12H25NO2S. The molecule has 1 rings (SSSR count). The van der Waals surface area contributed by atoms with Crippen molar-refractivity contribution in [3.63, 3.8) is 0 Å². The molecule has 3 unspecified atom stereocenters. The van der Waals surface area contributed by atoms with Gasteiger partial charge in [0.15, 0.2) is 0 Å². The van der Waals surface area contributed by atoms with Crippen LogP contribution in [0.2, 0.25) is 0 Å². The molecule has 0 aromatic carbocycles. The Bertz CT molecular complexity index is 300. The van der Waals surface area contributed by atoms with Crippen LogP contribution in [0, 0.1) is 11.8 Å². The van der Waals surface area contributed by atoms with E-state index < -0.39 is 9.84 Å². The van der Waals surface area contributed by atoms with Crippen LogP contribution in [0.4, 0.5) is 0 Å². The first-order valence-electron chi connectivity index (χ1n) is 6.31. The molecule has 1 aliphatic rings. The third-order valence-electron chi connectivity index (χ3n) is 3.81. The Morgan fingerprint density at radius 2 is 1.94 bits per heavy atom. The summed E-state index contributed by atoms with van der Waals surface area (Å²) < 4.78 is 21.9. The van der Waals surface area contributed by atoms with Crippen molar-refractivity contribution in [1.82, 2.24) is 5.32 Å². The minimum absolute atomic E-state index is 0.302. The summed E-state index contributed by atoms with van der Waals surface area (Å²) in [6.07, 6.45) is 5.91. The predicted molar refractivity (Wildman–Crippen MR) is 68.3 cm³/mol. The van der Waals surface area contributed by atoms with E-state index in [1.54, 1.807) is 0 Å². The normalized spacial score (nSPS) is 31.6. The van der Waals surface area contributed by atoms with Gasteiger partial charge in [0, 0.05) is 12.3 Å². The quantitative estimate of drug-likeness (QED) is 0.754. The van der Waals surface area contributed by atoms with Gasteiger partial charge in [-0.1, -0.05) is 26.7 Å². The highest BCUT2D eigenvalue weighted by Crippen LogP contribution is 2.29. The molecule has 3 nitrogen and oxygen atoms in total. The Balaban J connectivity index is 2.22. The van der Waals surface area contributed by atoms with E-state index in [9.17, 15) is 8.42 Å². The highest BCUT2D eigenvalue weighted by atomic mass is 32.2. The molecule has 1 N–H and O–H groups in total. The monoisotopic (exact) mass is 247 g/mol. The lowest BCUT2D eigenvalue weighted by Gasteiger charge is -2.34. The summed E-state index contributed by atoms with van der Waals surface area (Å²) in [4.78, 5) is 0. The van der Waals surface area contributed by atoms with Gasteiger partial charge in [0.1, 0.15) is 9.84 Å². The van der Waals surface area contributed by atoms with Gasteiger partial charge in [-0.25, -0.2) is 8.42 Å². The van der Waals surface area contributed by atoms with E-state index in [1.165, 1.54) is 25.5 Å². The van der Waals surface area contributed by atoms with Crippen molar-refractivity contribution in [2.75, 3.05) is 18.6 Å². The summed E-state index contributed by atoms with van der Waals surface area (Å²) in [5.41, 5.74) is 0. The van der Waals surface area contributed by atoms with E-state index in [0.29, 0.717) is 17.7 Å². The molecule has 1 fully saturated rings. The van der Waals surface area contributed by atoms with Crippen molar-refractivity contribution in [2.24, 2.45) is 11.8 Å². The molecule has 0 spiro atoms. The SMILES string of the molecule is CC1CCCC(NCCCS(C)(=O)=O)C1C. The van der Waals surface area contributed by atoms with Crippen LogP contribution in [0.15, 0.2) is 0 Å². The Morgan fingerprint density at radius 1 is 1.25 bits per heavy atom. The highest BCUT2D eigenvalue weighted by molar-refractivity contribution is 7.90. The highest BCUT2D eigenvalue weighted by Gasteiger charge is 2.26. The van der Waals surface area contributed by atoms with Crippen LogP contribution in [-0.4, -0.2) is 33.0 Å². The Morgan fingerprint density at radius 3 is 2.56 bits per heavy atom. The summed E-state index contributed by atoms with van der Waals surface area (Å²) in [6, 6.07) is 0.586. The van der Waals surface area contributed by atoms with Crippen molar-refractivity contribution in [3.05, 3.63) is 0 Å². The van der Waals surface area contributed by atoms with Crippen molar-refractivity contribution >= 4 is 9.84 Å². The summed E-state index contributed by atoms with van der Waals surface area (Å²) in [7, 11) is -2.79. The van der Waals surface area contributed by atoms with Crippen molar-refractivity contribution in [1.29, 1.82) is 0 Å². The smallest absolute Gasteiger partial charge is 0.147 e. The van der Waals surface area contributed by atoms with Gasteiger partial charge < -0.3 is 5.32 Å². The largest absolute Gasteiger partial charge is 0.314 e. The van der Waals surface area contributed by atoms with Crippen LogP contribution < -0.4 is 5.32 Å². The second kappa shape index (κ2) is 6.01. The predicted octanol–water partition coefficient (Wildman–Crippen LogP) is 1.84. The van der Waals surface area contributed by atoms with Crippen molar-refractivity contribution in [2.45, 2.75) is 45.6 Å². The van der Waals surface area contributed by atoms with E-state index >= 15 is 0 Å². The van der Waals surface area contributed by atoms with Gasteiger partial charge in [0.05, 0.1) is 5.75 Å².